The van der Waals surface area contributed by atoms with Crippen LogP contribution in [-0.2, 0) is 11.2 Å². The Labute approximate surface area is 141 Å². The number of fused-ring (bicyclic) bond motifs is 6. The van der Waals surface area contributed by atoms with Crippen LogP contribution in [0, 0.1) is 6.92 Å². The monoisotopic (exact) mass is 326 g/mol. The molecule has 24 heavy (non-hydrogen) atoms. The number of aryl methyl sites for hydroxylation is 1. The summed E-state index contributed by atoms with van der Waals surface area (Å²) in [6, 6.07) is 9.96. The molecule has 4 rings (SSSR count). The largest absolute Gasteiger partial charge is 0.461 e. The Morgan fingerprint density at radius 1 is 1.25 bits per heavy atom. The average Bonchev–Trinajstić information content (AvgIpc) is 2.54. The predicted molar refractivity (Wildman–Crippen MR) is 90.3 cm³/mol. The molecular formula is C20H22O4. The van der Waals surface area contributed by atoms with Gasteiger partial charge < -0.3 is 13.9 Å². The number of hydrogen-bond donors (Lipinski definition) is 0. The summed E-state index contributed by atoms with van der Waals surface area (Å²) >= 11 is 0. The highest BCUT2D eigenvalue weighted by atomic mass is 16.7. The lowest BCUT2D eigenvalue weighted by Gasteiger charge is -2.46. The maximum absolute atomic E-state index is 12.4. The molecule has 126 valence electrons. The number of rotatable bonds is 4. The predicted octanol–water partition coefficient (Wildman–Crippen LogP) is 4.28. The van der Waals surface area contributed by atoms with E-state index in [9.17, 15) is 4.79 Å². The molecule has 3 heterocycles. The van der Waals surface area contributed by atoms with Gasteiger partial charge in [-0.25, -0.2) is 4.79 Å². The van der Waals surface area contributed by atoms with Crippen molar-refractivity contribution in [2.24, 2.45) is 0 Å². The summed E-state index contributed by atoms with van der Waals surface area (Å²) in [7, 11) is 0. The van der Waals surface area contributed by atoms with E-state index >= 15 is 0 Å². The first-order valence-electron chi connectivity index (χ1n) is 8.71. The molecule has 0 radical (unpaired) electrons. The zero-order chi connectivity index (χ0) is 16.7. The highest BCUT2D eigenvalue weighted by Gasteiger charge is 2.48. The van der Waals surface area contributed by atoms with Crippen molar-refractivity contribution < 1.29 is 13.9 Å². The van der Waals surface area contributed by atoms with Gasteiger partial charge in [0.05, 0.1) is 0 Å². The molecule has 0 N–H and O–H groups in total. The van der Waals surface area contributed by atoms with Crippen LogP contribution in [0.3, 0.4) is 0 Å². The van der Waals surface area contributed by atoms with Gasteiger partial charge in [0.2, 0.25) is 5.79 Å². The molecule has 2 bridgehead atoms. The minimum atomic E-state index is -0.679. The van der Waals surface area contributed by atoms with Crippen molar-refractivity contribution in [1.82, 2.24) is 0 Å². The van der Waals surface area contributed by atoms with E-state index < -0.39 is 11.9 Å². The molecule has 4 heteroatoms. The lowest BCUT2D eigenvalue weighted by atomic mass is 9.85. The van der Waals surface area contributed by atoms with Gasteiger partial charge in [-0.15, -0.1) is 0 Å². The Hall–Kier alpha value is -2.07. The standard InChI is InChI=1S/C20H22O4/c1-3-4-7-10-20-12-14-8-5-6-9-15(14)18(24-20)17-16(23-20)11-13(2)22-19(17)21/h5-6,8-9,11,18H,3-4,7,10,12H2,1-2H3/t18-,20+/m0/s1. The van der Waals surface area contributed by atoms with E-state index in [0.29, 0.717) is 23.5 Å². The fraction of sp³-hybridized carbons (Fsp3) is 0.450. The van der Waals surface area contributed by atoms with Crippen LogP contribution in [0.5, 0.6) is 5.75 Å². The van der Waals surface area contributed by atoms with Crippen LogP contribution < -0.4 is 10.4 Å². The molecule has 4 nitrogen and oxygen atoms in total. The highest BCUT2D eigenvalue weighted by molar-refractivity contribution is 5.46. The molecule has 2 aromatic rings. The number of hydrogen-bond acceptors (Lipinski definition) is 4. The third-order valence-electron chi connectivity index (χ3n) is 4.92. The topological polar surface area (TPSA) is 48.7 Å². The maximum Gasteiger partial charge on any atom is 0.345 e. The SMILES string of the molecule is CCCCC[C@]12Cc3ccccc3[C@H](O1)c1c(cc(C)oc1=O)O2. The molecule has 0 saturated carbocycles. The molecule has 2 aliphatic heterocycles. The minimum Gasteiger partial charge on any atom is -0.461 e. The van der Waals surface area contributed by atoms with Crippen molar-refractivity contribution in [3.63, 3.8) is 0 Å². The van der Waals surface area contributed by atoms with E-state index in [1.165, 1.54) is 5.56 Å². The molecule has 0 fully saturated rings. The Morgan fingerprint density at radius 2 is 2.08 bits per heavy atom. The lowest BCUT2D eigenvalue weighted by molar-refractivity contribution is -0.233. The summed E-state index contributed by atoms with van der Waals surface area (Å²) in [5, 5.41) is 0. The Kier molecular flexibility index (Phi) is 3.72. The van der Waals surface area contributed by atoms with Gasteiger partial charge in [-0.3, -0.25) is 0 Å². The smallest absolute Gasteiger partial charge is 0.345 e. The molecular weight excluding hydrogens is 304 g/mol. The van der Waals surface area contributed by atoms with E-state index in [1.54, 1.807) is 6.92 Å². The Bertz CT molecular complexity index is 823. The van der Waals surface area contributed by atoms with Crippen molar-refractivity contribution in [2.75, 3.05) is 0 Å². The van der Waals surface area contributed by atoms with Crippen LogP contribution in [0.2, 0.25) is 0 Å². The minimum absolute atomic E-state index is 0.367. The maximum atomic E-state index is 12.4. The van der Waals surface area contributed by atoms with Gasteiger partial charge in [-0.05, 0) is 24.5 Å². The van der Waals surface area contributed by atoms with Crippen LogP contribution in [-0.4, -0.2) is 5.79 Å². The molecule has 0 saturated heterocycles. The van der Waals surface area contributed by atoms with Gasteiger partial charge in [-0.2, -0.15) is 0 Å². The molecule has 2 aliphatic rings. The van der Waals surface area contributed by atoms with Crippen molar-refractivity contribution in [2.45, 2.75) is 57.8 Å². The number of benzene rings is 1. The van der Waals surface area contributed by atoms with Gasteiger partial charge in [0.15, 0.2) is 0 Å². The zero-order valence-electron chi connectivity index (χ0n) is 14.1. The third kappa shape index (κ3) is 2.46. The van der Waals surface area contributed by atoms with Crippen LogP contribution in [0.1, 0.15) is 61.2 Å². The Morgan fingerprint density at radius 3 is 2.92 bits per heavy atom. The molecule has 1 aromatic carbocycles. The number of ether oxygens (including phenoxy) is 2. The van der Waals surface area contributed by atoms with E-state index in [4.69, 9.17) is 13.9 Å². The van der Waals surface area contributed by atoms with Gasteiger partial charge in [-0.1, -0.05) is 44.0 Å². The summed E-state index contributed by atoms with van der Waals surface area (Å²) < 4.78 is 17.9. The van der Waals surface area contributed by atoms with Crippen molar-refractivity contribution in [3.8, 4) is 5.75 Å². The fourth-order valence-electron chi connectivity index (χ4n) is 3.79. The van der Waals surface area contributed by atoms with Gasteiger partial charge in [0.1, 0.15) is 23.2 Å². The third-order valence-corrected chi connectivity index (χ3v) is 4.92. The summed E-state index contributed by atoms with van der Waals surface area (Å²) in [6.45, 7) is 3.96. The van der Waals surface area contributed by atoms with E-state index in [0.717, 1.165) is 31.2 Å². The summed E-state index contributed by atoms with van der Waals surface area (Å²) in [6.07, 6.45) is 4.46. The van der Waals surface area contributed by atoms with Crippen LogP contribution in [0.4, 0.5) is 0 Å². The highest BCUT2D eigenvalue weighted by Crippen LogP contribution is 2.48. The van der Waals surface area contributed by atoms with E-state index in [1.807, 2.05) is 24.3 Å². The van der Waals surface area contributed by atoms with E-state index in [-0.39, 0.29) is 5.63 Å². The molecule has 0 amide bonds. The van der Waals surface area contributed by atoms with Gasteiger partial charge in [0, 0.05) is 18.9 Å². The Balaban J connectivity index is 1.84. The lowest BCUT2D eigenvalue weighted by Crippen LogP contribution is -2.50. The first-order valence-corrected chi connectivity index (χ1v) is 8.71. The van der Waals surface area contributed by atoms with E-state index in [2.05, 4.69) is 13.0 Å². The fourth-order valence-corrected chi connectivity index (χ4v) is 3.79. The molecule has 2 atom stereocenters. The molecule has 0 unspecified atom stereocenters. The normalized spacial score (nSPS) is 24.0. The molecule has 0 aliphatic carbocycles. The summed E-state index contributed by atoms with van der Waals surface area (Å²) in [5.74, 6) is 0.503. The first kappa shape index (κ1) is 15.5. The van der Waals surface area contributed by atoms with Crippen molar-refractivity contribution in [1.29, 1.82) is 0 Å². The first-order chi connectivity index (χ1) is 11.6. The van der Waals surface area contributed by atoms with Crippen molar-refractivity contribution in [3.05, 3.63) is 63.2 Å². The van der Waals surface area contributed by atoms with Gasteiger partial charge >= 0.3 is 5.63 Å². The average molecular weight is 326 g/mol. The molecule has 1 aromatic heterocycles. The second-order valence-corrected chi connectivity index (χ2v) is 6.77. The van der Waals surface area contributed by atoms with Crippen LogP contribution >= 0.6 is 0 Å². The van der Waals surface area contributed by atoms with Crippen LogP contribution in [0.25, 0.3) is 0 Å². The second-order valence-electron chi connectivity index (χ2n) is 6.77. The quantitative estimate of drug-likeness (QED) is 0.787. The number of unbranched alkanes of at least 4 members (excludes halogenated alkanes) is 2. The zero-order valence-corrected chi connectivity index (χ0v) is 14.1. The second kappa shape index (κ2) is 5.78. The summed E-state index contributed by atoms with van der Waals surface area (Å²) in [5.41, 5.74) is 2.35. The summed E-state index contributed by atoms with van der Waals surface area (Å²) in [4.78, 5) is 12.4. The van der Waals surface area contributed by atoms with Crippen molar-refractivity contribution >= 4 is 0 Å². The van der Waals surface area contributed by atoms with Crippen LogP contribution in [0.15, 0.2) is 39.5 Å². The molecule has 0 spiro atoms. The van der Waals surface area contributed by atoms with Gasteiger partial charge in [0.25, 0.3) is 0 Å².